The Morgan fingerprint density at radius 3 is 2.65 bits per heavy atom. The van der Waals surface area contributed by atoms with E-state index in [1.54, 1.807) is 7.11 Å². The second-order valence-corrected chi connectivity index (χ2v) is 7.62. The molecule has 0 aromatic rings. The predicted molar refractivity (Wildman–Crippen MR) is 67.8 cm³/mol. The van der Waals surface area contributed by atoms with Crippen molar-refractivity contribution in [3.8, 4) is 0 Å². The summed E-state index contributed by atoms with van der Waals surface area (Å²) in [6, 6.07) is 0.693. The molecule has 2 atom stereocenters. The lowest BCUT2D eigenvalue weighted by Crippen LogP contribution is -2.31. The standard InChI is InChI=1S/C12H23NO3S/c1-16-6-4-10(8-13-12-2-3-12)11-5-7-17(14,15)9-11/h10-13H,2-9H2,1H3. The molecule has 1 saturated heterocycles. The molecule has 1 saturated carbocycles. The molecule has 0 radical (unpaired) electrons. The Morgan fingerprint density at radius 2 is 2.12 bits per heavy atom. The van der Waals surface area contributed by atoms with Crippen molar-refractivity contribution in [2.45, 2.75) is 31.7 Å². The third kappa shape index (κ3) is 4.23. The molecule has 0 bridgehead atoms. The Balaban J connectivity index is 1.84. The molecular formula is C12H23NO3S. The van der Waals surface area contributed by atoms with Gasteiger partial charge in [0.1, 0.15) is 0 Å². The maximum atomic E-state index is 11.5. The minimum atomic E-state index is -2.76. The zero-order valence-corrected chi connectivity index (χ0v) is 11.3. The molecule has 0 spiro atoms. The van der Waals surface area contributed by atoms with Crippen molar-refractivity contribution in [3.05, 3.63) is 0 Å². The van der Waals surface area contributed by atoms with E-state index in [1.807, 2.05) is 0 Å². The lowest BCUT2D eigenvalue weighted by Gasteiger charge is -2.22. The smallest absolute Gasteiger partial charge is 0.150 e. The zero-order chi connectivity index (χ0) is 12.3. The summed E-state index contributed by atoms with van der Waals surface area (Å²) in [4.78, 5) is 0. The fourth-order valence-corrected chi connectivity index (χ4v) is 4.49. The quantitative estimate of drug-likeness (QED) is 0.737. The Kier molecular flexibility index (Phi) is 4.44. The number of rotatable bonds is 7. The topological polar surface area (TPSA) is 55.4 Å². The normalized spacial score (nSPS) is 29.4. The van der Waals surface area contributed by atoms with Crippen LogP contribution in [0, 0.1) is 11.8 Å². The molecule has 2 aliphatic rings. The van der Waals surface area contributed by atoms with E-state index in [-0.39, 0.29) is 0 Å². The summed E-state index contributed by atoms with van der Waals surface area (Å²) in [5.74, 6) is 1.55. The molecule has 2 rings (SSSR count). The Bertz CT molecular complexity index is 338. The lowest BCUT2D eigenvalue weighted by molar-refractivity contribution is 0.162. The van der Waals surface area contributed by atoms with Gasteiger partial charge in [-0.05, 0) is 44.1 Å². The number of hydrogen-bond acceptors (Lipinski definition) is 4. The Morgan fingerprint density at radius 1 is 1.35 bits per heavy atom. The van der Waals surface area contributed by atoms with Crippen LogP contribution in [0.5, 0.6) is 0 Å². The van der Waals surface area contributed by atoms with Crippen LogP contribution in [0.15, 0.2) is 0 Å². The van der Waals surface area contributed by atoms with Crippen molar-refractivity contribution in [2.24, 2.45) is 11.8 Å². The van der Waals surface area contributed by atoms with E-state index in [0.717, 1.165) is 26.0 Å². The maximum Gasteiger partial charge on any atom is 0.150 e. The molecule has 0 aromatic carbocycles. The summed E-state index contributed by atoms with van der Waals surface area (Å²) < 4.78 is 28.2. The highest BCUT2D eigenvalue weighted by Gasteiger charge is 2.34. The molecule has 0 aromatic heterocycles. The molecule has 2 unspecified atom stereocenters. The lowest BCUT2D eigenvalue weighted by atomic mass is 9.89. The van der Waals surface area contributed by atoms with E-state index in [2.05, 4.69) is 5.32 Å². The molecule has 1 aliphatic carbocycles. The fraction of sp³-hybridized carbons (Fsp3) is 1.00. The van der Waals surface area contributed by atoms with Crippen LogP contribution >= 0.6 is 0 Å². The van der Waals surface area contributed by atoms with Crippen LogP contribution in [-0.4, -0.2) is 46.2 Å². The number of methoxy groups -OCH3 is 1. The van der Waals surface area contributed by atoms with Gasteiger partial charge in [-0.15, -0.1) is 0 Å². The molecule has 17 heavy (non-hydrogen) atoms. The van der Waals surface area contributed by atoms with Gasteiger partial charge in [0.05, 0.1) is 11.5 Å². The van der Waals surface area contributed by atoms with Crippen LogP contribution in [0.1, 0.15) is 25.7 Å². The number of ether oxygens (including phenoxy) is 1. The summed E-state index contributed by atoms with van der Waals surface area (Å²) in [6.45, 7) is 1.68. The zero-order valence-electron chi connectivity index (χ0n) is 10.5. The van der Waals surface area contributed by atoms with Gasteiger partial charge in [-0.2, -0.15) is 0 Å². The first-order valence-electron chi connectivity index (χ1n) is 6.53. The predicted octanol–water partition coefficient (Wildman–Crippen LogP) is 0.826. The average Bonchev–Trinajstić information content (AvgIpc) is 3.03. The first-order valence-corrected chi connectivity index (χ1v) is 8.35. The minimum absolute atomic E-state index is 0.335. The van der Waals surface area contributed by atoms with Gasteiger partial charge in [-0.3, -0.25) is 0 Å². The van der Waals surface area contributed by atoms with E-state index in [1.165, 1.54) is 12.8 Å². The highest BCUT2D eigenvalue weighted by Crippen LogP contribution is 2.29. The van der Waals surface area contributed by atoms with Crippen LogP contribution < -0.4 is 5.32 Å². The molecule has 1 heterocycles. The van der Waals surface area contributed by atoms with E-state index < -0.39 is 9.84 Å². The van der Waals surface area contributed by atoms with Crippen molar-refractivity contribution >= 4 is 9.84 Å². The monoisotopic (exact) mass is 261 g/mol. The fourth-order valence-electron chi connectivity index (χ4n) is 2.57. The SMILES string of the molecule is COCCC(CNC1CC1)C1CCS(=O)(=O)C1. The van der Waals surface area contributed by atoms with Crippen LogP contribution in [0.3, 0.4) is 0 Å². The summed E-state index contributed by atoms with van der Waals surface area (Å²) in [6.07, 6.45) is 4.36. The van der Waals surface area contributed by atoms with Crippen LogP contribution in [0.25, 0.3) is 0 Å². The highest BCUT2D eigenvalue weighted by molar-refractivity contribution is 7.91. The summed E-state index contributed by atoms with van der Waals surface area (Å²) in [7, 11) is -1.05. The number of hydrogen-bond donors (Lipinski definition) is 1. The van der Waals surface area contributed by atoms with Crippen molar-refractivity contribution in [2.75, 3.05) is 31.8 Å². The van der Waals surface area contributed by atoms with Gasteiger partial charge in [0, 0.05) is 19.8 Å². The Hall–Kier alpha value is -0.130. The van der Waals surface area contributed by atoms with E-state index in [0.29, 0.717) is 29.4 Å². The average molecular weight is 261 g/mol. The van der Waals surface area contributed by atoms with Gasteiger partial charge in [0.25, 0.3) is 0 Å². The third-order valence-corrected chi connectivity index (χ3v) is 5.67. The van der Waals surface area contributed by atoms with Gasteiger partial charge in [-0.25, -0.2) is 8.42 Å². The molecule has 2 fully saturated rings. The van der Waals surface area contributed by atoms with Gasteiger partial charge in [0.15, 0.2) is 9.84 Å². The molecule has 0 amide bonds. The highest BCUT2D eigenvalue weighted by atomic mass is 32.2. The minimum Gasteiger partial charge on any atom is -0.385 e. The largest absolute Gasteiger partial charge is 0.385 e. The molecular weight excluding hydrogens is 238 g/mol. The van der Waals surface area contributed by atoms with Crippen molar-refractivity contribution in [3.63, 3.8) is 0 Å². The molecule has 4 nitrogen and oxygen atoms in total. The number of sulfone groups is 1. The van der Waals surface area contributed by atoms with Crippen LogP contribution in [0.4, 0.5) is 0 Å². The van der Waals surface area contributed by atoms with Crippen LogP contribution in [-0.2, 0) is 14.6 Å². The summed E-state index contributed by atoms with van der Waals surface area (Å²) >= 11 is 0. The maximum absolute atomic E-state index is 11.5. The molecule has 100 valence electrons. The second kappa shape index (κ2) is 5.67. The third-order valence-electron chi connectivity index (χ3n) is 3.87. The van der Waals surface area contributed by atoms with E-state index >= 15 is 0 Å². The van der Waals surface area contributed by atoms with Gasteiger partial charge >= 0.3 is 0 Å². The molecule has 5 heteroatoms. The van der Waals surface area contributed by atoms with Crippen molar-refractivity contribution in [1.29, 1.82) is 0 Å². The van der Waals surface area contributed by atoms with E-state index in [4.69, 9.17) is 4.74 Å². The number of nitrogens with one attached hydrogen (secondary N) is 1. The first-order chi connectivity index (χ1) is 8.11. The van der Waals surface area contributed by atoms with Gasteiger partial charge < -0.3 is 10.1 Å². The molecule has 1 N–H and O–H groups in total. The van der Waals surface area contributed by atoms with E-state index in [9.17, 15) is 8.42 Å². The Labute approximate surface area is 104 Å². The van der Waals surface area contributed by atoms with Crippen molar-refractivity contribution in [1.82, 2.24) is 5.32 Å². The summed E-state index contributed by atoms with van der Waals surface area (Å²) in [5, 5.41) is 3.52. The van der Waals surface area contributed by atoms with Gasteiger partial charge in [-0.1, -0.05) is 0 Å². The summed E-state index contributed by atoms with van der Waals surface area (Å²) in [5.41, 5.74) is 0. The second-order valence-electron chi connectivity index (χ2n) is 5.39. The van der Waals surface area contributed by atoms with Crippen molar-refractivity contribution < 1.29 is 13.2 Å². The van der Waals surface area contributed by atoms with Crippen LogP contribution in [0.2, 0.25) is 0 Å². The first kappa shape index (κ1) is 13.3. The molecule has 1 aliphatic heterocycles. The van der Waals surface area contributed by atoms with Gasteiger partial charge in [0.2, 0.25) is 0 Å².